The molecular weight excluding hydrogens is 346 g/mol. The Balaban J connectivity index is 1.35. The second-order valence-electron chi connectivity index (χ2n) is 5.94. The van der Waals surface area contributed by atoms with E-state index in [1.807, 2.05) is 18.2 Å². The summed E-state index contributed by atoms with van der Waals surface area (Å²) in [6, 6.07) is 16.0. The molecule has 0 saturated heterocycles. The molecule has 0 atom stereocenters. The Kier molecular flexibility index (Phi) is 3.50. The maximum absolute atomic E-state index is 12.4. The van der Waals surface area contributed by atoms with E-state index >= 15 is 0 Å². The second-order valence-corrected chi connectivity index (χ2v) is 5.94. The lowest BCUT2D eigenvalue weighted by Gasteiger charge is -2.06. The third-order valence-corrected chi connectivity index (χ3v) is 4.19. The van der Waals surface area contributed by atoms with Crippen LogP contribution in [0.3, 0.4) is 0 Å². The molecule has 0 spiro atoms. The molecule has 1 aliphatic heterocycles. The van der Waals surface area contributed by atoms with Gasteiger partial charge >= 0.3 is 0 Å². The van der Waals surface area contributed by atoms with Crippen molar-refractivity contribution in [3.05, 3.63) is 66.4 Å². The van der Waals surface area contributed by atoms with Crippen molar-refractivity contribution in [2.24, 2.45) is 0 Å². The summed E-state index contributed by atoms with van der Waals surface area (Å²) >= 11 is 0. The van der Waals surface area contributed by atoms with Crippen molar-refractivity contribution in [1.29, 1.82) is 0 Å². The summed E-state index contributed by atoms with van der Waals surface area (Å²) in [6.45, 7) is 0.174. The van der Waals surface area contributed by atoms with Gasteiger partial charge in [-0.15, -0.1) is 0 Å². The summed E-state index contributed by atoms with van der Waals surface area (Å²) in [4.78, 5) is 21.0. The molecule has 2 aromatic carbocycles. The lowest BCUT2D eigenvalue weighted by molar-refractivity contribution is 0.102. The fraction of sp³-hybridized carbons (Fsp3) is 0.0500. The molecule has 0 saturated carbocycles. The van der Waals surface area contributed by atoms with Crippen LogP contribution in [0.4, 0.5) is 5.69 Å². The minimum absolute atomic E-state index is 0.174. The van der Waals surface area contributed by atoms with Gasteiger partial charge in [-0.25, -0.2) is 4.98 Å². The summed E-state index contributed by atoms with van der Waals surface area (Å²) in [5.41, 5.74) is 3.15. The number of carbonyl (C=O) groups excluding carboxylic acids is 1. The Bertz CT molecular complexity index is 1120. The van der Waals surface area contributed by atoms with Crippen LogP contribution in [0.1, 0.15) is 10.4 Å². The van der Waals surface area contributed by atoms with Crippen LogP contribution in [-0.4, -0.2) is 22.7 Å². The van der Waals surface area contributed by atoms with Crippen LogP contribution in [-0.2, 0) is 0 Å². The third kappa shape index (κ3) is 2.85. The lowest BCUT2D eigenvalue weighted by Crippen LogP contribution is -2.11. The van der Waals surface area contributed by atoms with E-state index in [1.54, 1.807) is 42.6 Å². The van der Waals surface area contributed by atoms with Crippen LogP contribution in [0, 0.1) is 0 Å². The first-order chi connectivity index (χ1) is 13.3. The zero-order chi connectivity index (χ0) is 18.2. The number of nitrogens with zero attached hydrogens (tertiary/aromatic N) is 2. The smallest absolute Gasteiger partial charge is 0.255 e. The van der Waals surface area contributed by atoms with E-state index < -0.39 is 0 Å². The van der Waals surface area contributed by atoms with Gasteiger partial charge in [0.2, 0.25) is 12.7 Å². The number of rotatable bonds is 3. The van der Waals surface area contributed by atoms with Gasteiger partial charge in [0.05, 0.1) is 0 Å². The van der Waals surface area contributed by atoms with Crippen molar-refractivity contribution in [2.45, 2.75) is 0 Å². The normalized spacial score (nSPS) is 12.3. The minimum Gasteiger partial charge on any atom is -0.454 e. The molecule has 5 rings (SSSR count). The Morgan fingerprint density at radius 3 is 2.70 bits per heavy atom. The number of pyridine rings is 1. The van der Waals surface area contributed by atoms with E-state index in [4.69, 9.17) is 13.9 Å². The summed E-state index contributed by atoms with van der Waals surface area (Å²) < 4.78 is 16.3. The number of benzene rings is 2. The standard InChI is InChI=1S/C20H13N3O4/c24-19(13-5-8-15-17(10-13)26-11-25-15)22-14-6-3-12(4-7-14)20-23-18-16(27-20)2-1-9-21-18/h1-10H,11H2,(H,22,24). The molecule has 0 unspecified atom stereocenters. The van der Waals surface area contributed by atoms with Gasteiger partial charge in [0.25, 0.3) is 5.91 Å². The van der Waals surface area contributed by atoms with Crippen molar-refractivity contribution in [3.63, 3.8) is 0 Å². The molecule has 27 heavy (non-hydrogen) atoms. The fourth-order valence-electron chi connectivity index (χ4n) is 2.83. The van der Waals surface area contributed by atoms with Crippen molar-refractivity contribution < 1.29 is 18.7 Å². The van der Waals surface area contributed by atoms with Crippen LogP contribution >= 0.6 is 0 Å². The molecule has 1 N–H and O–H groups in total. The third-order valence-electron chi connectivity index (χ3n) is 4.19. The van der Waals surface area contributed by atoms with E-state index in [1.165, 1.54) is 0 Å². The van der Waals surface area contributed by atoms with Crippen LogP contribution < -0.4 is 14.8 Å². The molecule has 0 radical (unpaired) electrons. The predicted octanol–water partition coefficient (Wildman–Crippen LogP) is 3.87. The van der Waals surface area contributed by atoms with E-state index in [9.17, 15) is 4.79 Å². The quantitative estimate of drug-likeness (QED) is 0.597. The van der Waals surface area contributed by atoms with E-state index in [-0.39, 0.29) is 12.7 Å². The molecule has 4 aromatic rings. The van der Waals surface area contributed by atoms with Gasteiger partial charge in [-0.3, -0.25) is 4.79 Å². The maximum atomic E-state index is 12.4. The number of nitrogens with one attached hydrogen (secondary N) is 1. The predicted molar refractivity (Wildman–Crippen MR) is 97.8 cm³/mol. The second kappa shape index (κ2) is 6.14. The average Bonchev–Trinajstić information content (AvgIpc) is 3.34. The number of hydrogen-bond acceptors (Lipinski definition) is 6. The molecule has 7 nitrogen and oxygen atoms in total. The van der Waals surface area contributed by atoms with Gasteiger partial charge in [0, 0.05) is 23.0 Å². The van der Waals surface area contributed by atoms with Crippen LogP contribution in [0.5, 0.6) is 11.5 Å². The van der Waals surface area contributed by atoms with Crippen LogP contribution in [0.15, 0.2) is 65.2 Å². The highest BCUT2D eigenvalue weighted by Gasteiger charge is 2.16. The van der Waals surface area contributed by atoms with Gasteiger partial charge < -0.3 is 19.2 Å². The highest BCUT2D eigenvalue weighted by Crippen LogP contribution is 2.32. The molecular formula is C20H13N3O4. The van der Waals surface area contributed by atoms with Gasteiger partial charge in [0.15, 0.2) is 22.7 Å². The number of anilines is 1. The van der Waals surface area contributed by atoms with Gasteiger partial charge in [-0.1, -0.05) is 0 Å². The first kappa shape index (κ1) is 15.4. The van der Waals surface area contributed by atoms with E-state index in [2.05, 4.69) is 15.3 Å². The number of oxazole rings is 1. The van der Waals surface area contributed by atoms with Crippen molar-refractivity contribution in [3.8, 4) is 23.0 Å². The Hall–Kier alpha value is -3.87. The highest BCUT2D eigenvalue weighted by molar-refractivity contribution is 6.04. The maximum Gasteiger partial charge on any atom is 0.255 e. The Morgan fingerprint density at radius 1 is 1.00 bits per heavy atom. The Morgan fingerprint density at radius 2 is 1.85 bits per heavy atom. The molecule has 2 aromatic heterocycles. The first-order valence-electron chi connectivity index (χ1n) is 8.29. The largest absolute Gasteiger partial charge is 0.454 e. The zero-order valence-corrected chi connectivity index (χ0v) is 14.0. The number of ether oxygens (including phenoxy) is 2. The number of aromatic nitrogens is 2. The summed E-state index contributed by atoms with van der Waals surface area (Å²) in [7, 11) is 0. The first-order valence-corrected chi connectivity index (χ1v) is 8.29. The SMILES string of the molecule is O=C(Nc1ccc(-c2nc3ncccc3o2)cc1)c1ccc2c(c1)OCO2. The zero-order valence-electron chi connectivity index (χ0n) is 14.0. The summed E-state index contributed by atoms with van der Waals surface area (Å²) in [5.74, 6) is 1.47. The van der Waals surface area contributed by atoms with E-state index in [0.717, 1.165) is 5.56 Å². The molecule has 7 heteroatoms. The molecule has 0 aliphatic carbocycles. The fourth-order valence-corrected chi connectivity index (χ4v) is 2.83. The van der Waals surface area contributed by atoms with Crippen molar-refractivity contribution >= 4 is 22.8 Å². The van der Waals surface area contributed by atoms with Crippen LogP contribution in [0.2, 0.25) is 0 Å². The van der Waals surface area contributed by atoms with Gasteiger partial charge in [-0.2, -0.15) is 4.98 Å². The van der Waals surface area contributed by atoms with Crippen molar-refractivity contribution in [2.75, 3.05) is 12.1 Å². The average molecular weight is 359 g/mol. The number of hydrogen-bond donors (Lipinski definition) is 1. The Labute approximate surface area is 153 Å². The van der Waals surface area contributed by atoms with Gasteiger partial charge in [0.1, 0.15) is 0 Å². The number of fused-ring (bicyclic) bond motifs is 2. The molecule has 1 amide bonds. The van der Waals surface area contributed by atoms with Gasteiger partial charge in [-0.05, 0) is 54.6 Å². The molecule has 132 valence electrons. The minimum atomic E-state index is -0.230. The number of carbonyl (C=O) groups is 1. The van der Waals surface area contributed by atoms with Crippen molar-refractivity contribution in [1.82, 2.24) is 9.97 Å². The monoisotopic (exact) mass is 359 g/mol. The molecule has 0 bridgehead atoms. The van der Waals surface area contributed by atoms with E-state index in [0.29, 0.717) is 39.9 Å². The summed E-state index contributed by atoms with van der Waals surface area (Å²) in [6.07, 6.45) is 1.67. The van der Waals surface area contributed by atoms with Crippen LogP contribution in [0.25, 0.3) is 22.7 Å². The molecule has 0 fully saturated rings. The molecule has 3 heterocycles. The number of amides is 1. The summed E-state index contributed by atoms with van der Waals surface area (Å²) in [5, 5.41) is 2.86. The molecule has 1 aliphatic rings. The highest BCUT2D eigenvalue weighted by atomic mass is 16.7. The lowest BCUT2D eigenvalue weighted by atomic mass is 10.1. The topological polar surface area (TPSA) is 86.5 Å².